The van der Waals surface area contributed by atoms with Crippen LogP contribution in [0.4, 0.5) is 28.8 Å². The molecule has 3 fully saturated rings. The van der Waals surface area contributed by atoms with Gasteiger partial charge in [-0.3, -0.25) is 24.1 Å². The Hall–Kier alpha value is -6.39. The summed E-state index contributed by atoms with van der Waals surface area (Å²) < 4.78 is 31.9. The van der Waals surface area contributed by atoms with Gasteiger partial charge in [0.15, 0.2) is 15.7 Å². The van der Waals surface area contributed by atoms with E-state index in [0.717, 1.165) is 66.4 Å². The van der Waals surface area contributed by atoms with Crippen molar-refractivity contribution < 1.29 is 37.4 Å². The molecule has 4 amide bonds. The van der Waals surface area contributed by atoms with E-state index in [1.165, 1.54) is 11.1 Å². The van der Waals surface area contributed by atoms with Crippen molar-refractivity contribution >= 4 is 85.2 Å². The predicted octanol–water partition coefficient (Wildman–Crippen LogP) is 6.94. The van der Waals surface area contributed by atoms with Crippen LogP contribution in [0.2, 0.25) is 5.02 Å². The fraction of sp³-hybridized carbons (Fsp3) is 0.473. The lowest BCUT2D eigenvalue weighted by Gasteiger charge is -2.43. The summed E-state index contributed by atoms with van der Waals surface area (Å²) in [5.74, 6) is -0.335. The molecule has 0 saturated carbocycles. The Balaban J connectivity index is 0.779. The van der Waals surface area contributed by atoms with Crippen molar-refractivity contribution in [2.75, 3.05) is 68.5 Å². The van der Waals surface area contributed by atoms with Crippen LogP contribution in [0.25, 0.3) is 10.4 Å². The molecule has 3 aliphatic rings. The number of thiazole rings is 1. The first-order valence-electron chi connectivity index (χ1n) is 26.1. The highest BCUT2D eigenvalue weighted by atomic mass is 35.5. The molecule has 5 heterocycles. The summed E-state index contributed by atoms with van der Waals surface area (Å²) in [5.41, 5.74) is 5.95. The number of hydrogen-bond donors (Lipinski definition) is 5. The molecule has 0 unspecified atom stereocenters. The van der Waals surface area contributed by atoms with Crippen molar-refractivity contribution in [1.82, 2.24) is 40.3 Å². The third-order valence-corrected chi connectivity index (χ3v) is 18.0. The van der Waals surface area contributed by atoms with E-state index in [9.17, 15) is 32.7 Å². The number of methoxy groups -OCH3 is 1. The Morgan fingerprint density at radius 3 is 2.29 bits per heavy atom. The second-order valence-electron chi connectivity index (χ2n) is 21.2. The van der Waals surface area contributed by atoms with E-state index in [2.05, 4.69) is 46.0 Å². The zero-order chi connectivity index (χ0) is 55.2. The number of nitrogens with zero attached hydrogens (tertiary/aromatic N) is 7. The summed E-state index contributed by atoms with van der Waals surface area (Å²) in [6.07, 6.45) is 2.40. The maximum Gasteiger partial charge on any atom is 0.246 e. The van der Waals surface area contributed by atoms with Gasteiger partial charge in [0.2, 0.25) is 29.6 Å². The number of aryl methyl sites for hydroxylation is 1. The van der Waals surface area contributed by atoms with Crippen molar-refractivity contribution in [2.24, 2.45) is 5.41 Å². The van der Waals surface area contributed by atoms with Crippen LogP contribution >= 0.6 is 22.9 Å². The van der Waals surface area contributed by atoms with E-state index in [4.69, 9.17) is 16.3 Å². The van der Waals surface area contributed by atoms with Crippen LogP contribution < -0.4 is 30.9 Å². The predicted molar refractivity (Wildman–Crippen MR) is 300 cm³/mol. The van der Waals surface area contributed by atoms with Gasteiger partial charge in [-0.1, -0.05) is 68.8 Å². The van der Waals surface area contributed by atoms with Crippen LogP contribution in [0, 0.1) is 12.3 Å². The normalized spacial score (nSPS) is 18.0. The first-order chi connectivity index (χ1) is 36.7. The number of amides is 4. The average molecular weight is 1110 g/mol. The highest BCUT2D eigenvalue weighted by Gasteiger charge is 2.44. The number of sulfone groups is 1. The number of anilines is 5. The minimum absolute atomic E-state index is 0.00187. The molecule has 5 aromatic rings. The Morgan fingerprint density at radius 1 is 0.909 bits per heavy atom. The number of aliphatic hydroxyl groups excluding tert-OH is 1. The molecule has 412 valence electrons. The monoisotopic (exact) mass is 1110 g/mol. The van der Waals surface area contributed by atoms with E-state index in [1.807, 2.05) is 80.6 Å². The third kappa shape index (κ3) is 13.7. The molecule has 3 atom stereocenters. The van der Waals surface area contributed by atoms with E-state index in [0.29, 0.717) is 36.3 Å². The van der Waals surface area contributed by atoms with Gasteiger partial charge in [-0.25, -0.2) is 18.4 Å². The summed E-state index contributed by atoms with van der Waals surface area (Å²) in [7, 11) is -2.00. The maximum atomic E-state index is 14.2. The number of aromatic nitrogens is 3. The standard InChI is InChI=1S/C55H70ClN11O8S2/c1-34(2)77(73,74)46-11-9-8-10-43(46)60-51-41(56)31-58-54(63-51)61-42-17-16-39(28-45(42)75-7)64-22-20-38(21-23-64)65-24-26-66(27-25-65)48(70)19-18-47(69)62-50(55(4,5)6)53(72)67-32-40(68)29-44(67)52(71)57-30-36-12-14-37(15-13-36)49-35(3)59-33-76-49/h8-17,28,31,33-34,38,40,44,50,68H,18-27,29-30,32H2,1-7H3,(H,57,71)(H,62,69)(H2,58,60,61,63)/t40-,44+,50-/m1/s1. The second-order valence-corrected chi connectivity index (χ2v) is 24.9. The Kier molecular flexibility index (Phi) is 18.1. The Bertz CT molecular complexity index is 3030. The van der Waals surface area contributed by atoms with Gasteiger partial charge in [-0.15, -0.1) is 11.3 Å². The molecule has 3 aliphatic heterocycles. The Morgan fingerprint density at radius 2 is 1.62 bits per heavy atom. The Labute approximate surface area is 460 Å². The SMILES string of the molecule is COc1cc(N2CCC(N3CCN(C(=O)CCC(=O)N[C@H](C(=O)N4C[C@H](O)C[C@H]4C(=O)NCc4ccc(-c5scnc5C)cc4)C(C)(C)C)CC3)CC2)ccc1Nc1ncc(Cl)c(Nc2ccccc2S(=O)(=O)C(C)C)n1. The second kappa shape index (κ2) is 24.5. The largest absolute Gasteiger partial charge is 0.494 e. The van der Waals surface area contributed by atoms with Gasteiger partial charge in [0.1, 0.15) is 22.9 Å². The van der Waals surface area contributed by atoms with Crippen LogP contribution in [0.15, 0.2) is 83.3 Å². The number of carbonyl (C=O) groups is 4. The number of carbonyl (C=O) groups excluding carboxylic acids is 4. The lowest BCUT2D eigenvalue weighted by Crippen LogP contribution is -2.57. The molecule has 19 nitrogen and oxygen atoms in total. The van der Waals surface area contributed by atoms with E-state index >= 15 is 0 Å². The van der Waals surface area contributed by atoms with Gasteiger partial charge in [0, 0.05) is 89.4 Å². The molecule has 0 aliphatic carbocycles. The smallest absolute Gasteiger partial charge is 0.246 e. The number of aliphatic hydroxyl groups is 1. The molecule has 0 radical (unpaired) electrons. The number of halogens is 1. The average Bonchev–Trinajstić information content (AvgIpc) is 4.04. The molecule has 0 bridgehead atoms. The minimum atomic E-state index is -3.59. The first kappa shape index (κ1) is 56.8. The number of hydrogen-bond acceptors (Lipinski definition) is 16. The number of ether oxygens (including phenoxy) is 1. The van der Waals surface area contributed by atoms with Crippen LogP contribution in [0.5, 0.6) is 5.75 Å². The zero-order valence-corrected chi connectivity index (χ0v) is 47.1. The van der Waals surface area contributed by atoms with Gasteiger partial charge in [0.05, 0.1) is 57.0 Å². The highest BCUT2D eigenvalue weighted by molar-refractivity contribution is 7.92. The van der Waals surface area contributed by atoms with E-state index in [1.54, 1.807) is 56.6 Å². The summed E-state index contributed by atoms with van der Waals surface area (Å²) in [4.78, 5) is 77.1. The lowest BCUT2D eigenvalue weighted by molar-refractivity contribution is -0.144. The molecule has 77 heavy (non-hydrogen) atoms. The fourth-order valence-corrected chi connectivity index (χ4v) is 12.2. The van der Waals surface area contributed by atoms with Crippen molar-refractivity contribution in [3.05, 3.63) is 94.7 Å². The molecular formula is C55H70ClN11O8S2. The van der Waals surface area contributed by atoms with Crippen molar-refractivity contribution in [1.29, 1.82) is 0 Å². The number of para-hydroxylation sites is 1. The number of β-amino-alcohol motifs (C(OH)–C–C–N with tert-alkyl or cyclic N) is 1. The molecule has 0 spiro atoms. The molecule has 3 saturated heterocycles. The minimum Gasteiger partial charge on any atom is -0.494 e. The highest BCUT2D eigenvalue weighted by Crippen LogP contribution is 2.36. The van der Waals surface area contributed by atoms with Gasteiger partial charge in [-0.2, -0.15) is 4.98 Å². The summed E-state index contributed by atoms with van der Waals surface area (Å²) in [6.45, 7) is 15.1. The quantitative estimate of drug-likeness (QED) is 0.0598. The topological polar surface area (TPSA) is 232 Å². The number of piperazine rings is 1. The van der Waals surface area contributed by atoms with Crippen molar-refractivity contribution in [3.63, 3.8) is 0 Å². The van der Waals surface area contributed by atoms with Gasteiger partial charge < -0.3 is 45.8 Å². The lowest BCUT2D eigenvalue weighted by atomic mass is 9.85. The van der Waals surface area contributed by atoms with E-state index in [-0.39, 0.29) is 65.9 Å². The molecule has 3 aromatic carbocycles. The number of benzene rings is 3. The van der Waals surface area contributed by atoms with Crippen LogP contribution in [-0.4, -0.2) is 149 Å². The molecular weight excluding hydrogens is 1040 g/mol. The van der Waals surface area contributed by atoms with Gasteiger partial charge >= 0.3 is 0 Å². The van der Waals surface area contributed by atoms with Gasteiger partial charge in [0.25, 0.3) is 0 Å². The molecule has 22 heteroatoms. The number of rotatable bonds is 18. The number of nitrogens with one attached hydrogen (secondary N) is 4. The maximum absolute atomic E-state index is 14.2. The summed E-state index contributed by atoms with van der Waals surface area (Å²) in [5, 5.41) is 22.4. The number of piperidine rings is 1. The summed E-state index contributed by atoms with van der Waals surface area (Å²) in [6, 6.07) is 18.8. The van der Waals surface area contributed by atoms with Crippen molar-refractivity contribution in [3.8, 4) is 16.2 Å². The molecule has 2 aromatic heterocycles. The van der Waals surface area contributed by atoms with E-state index < -0.39 is 50.5 Å². The number of likely N-dealkylation sites (tertiary alicyclic amines) is 1. The zero-order valence-electron chi connectivity index (χ0n) is 44.7. The summed E-state index contributed by atoms with van der Waals surface area (Å²) >= 11 is 8.05. The van der Waals surface area contributed by atoms with Crippen LogP contribution in [0.1, 0.15) is 78.0 Å². The van der Waals surface area contributed by atoms with Crippen LogP contribution in [0.3, 0.4) is 0 Å². The fourth-order valence-electron chi connectivity index (χ4n) is 10.0. The van der Waals surface area contributed by atoms with Crippen molar-refractivity contribution in [2.45, 2.75) is 115 Å². The van der Waals surface area contributed by atoms with Gasteiger partial charge in [-0.05, 0) is 74.4 Å². The first-order valence-corrected chi connectivity index (χ1v) is 28.9. The molecule has 5 N–H and O–H groups in total. The molecule has 8 rings (SSSR count). The third-order valence-electron chi connectivity index (χ3n) is 14.5. The van der Waals surface area contributed by atoms with Crippen LogP contribution in [-0.2, 0) is 35.6 Å².